The summed E-state index contributed by atoms with van der Waals surface area (Å²) in [7, 11) is 3.00. The Balaban J connectivity index is 1.70. The molecule has 1 aromatic heterocycles. The van der Waals surface area contributed by atoms with Crippen LogP contribution in [0.5, 0.6) is 11.5 Å². The molecule has 0 atom stereocenters. The average Bonchev–Trinajstić information content (AvgIpc) is 3.15. The number of aromatic nitrogens is 2. The van der Waals surface area contributed by atoms with Gasteiger partial charge in [0.05, 0.1) is 26.3 Å². The third kappa shape index (κ3) is 3.60. The molecule has 0 saturated heterocycles. The first kappa shape index (κ1) is 16.5. The zero-order valence-corrected chi connectivity index (χ0v) is 13.9. The number of rotatable bonds is 6. The number of carbonyl (C=O) groups excluding carboxylic acids is 1. The van der Waals surface area contributed by atoms with Crippen LogP contribution in [0, 0.1) is 0 Å². The smallest absolute Gasteiger partial charge is 0.257 e. The standard InChI is InChI=1S/C18H17N3O4/c1-23-14-10-6-9-13(16(14)24-2)17(22)19-11-15-20-18(25-21-15)12-7-4-3-5-8-12/h3-10H,11H2,1-2H3,(H,19,22). The van der Waals surface area contributed by atoms with E-state index in [0.29, 0.717) is 28.8 Å². The Morgan fingerprint density at radius 2 is 1.88 bits per heavy atom. The molecule has 1 N–H and O–H groups in total. The van der Waals surface area contributed by atoms with Gasteiger partial charge in [0.25, 0.3) is 11.8 Å². The quantitative estimate of drug-likeness (QED) is 0.743. The van der Waals surface area contributed by atoms with Crippen LogP contribution in [0.2, 0.25) is 0 Å². The molecule has 0 aliphatic carbocycles. The second-order valence-electron chi connectivity index (χ2n) is 5.11. The molecule has 25 heavy (non-hydrogen) atoms. The predicted molar refractivity (Wildman–Crippen MR) is 90.5 cm³/mol. The predicted octanol–water partition coefficient (Wildman–Crippen LogP) is 2.68. The highest BCUT2D eigenvalue weighted by Gasteiger charge is 2.17. The van der Waals surface area contributed by atoms with Crippen LogP contribution in [0.25, 0.3) is 11.5 Å². The lowest BCUT2D eigenvalue weighted by Gasteiger charge is -2.11. The first-order chi connectivity index (χ1) is 12.2. The highest BCUT2D eigenvalue weighted by molar-refractivity contribution is 5.97. The van der Waals surface area contributed by atoms with Gasteiger partial charge >= 0.3 is 0 Å². The number of hydrogen-bond acceptors (Lipinski definition) is 6. The van der Waals surface area contributed by atoms with Gasteiger partial charge < -0.3 is 19.3 Å². The molecule has 0 fully saturated rings. The zero-order valence-electron chi connectivity index (χ0n) is 13.9. The van der Waals surface area contributed by atoms with E-state index in [-0.39, 0.29) is 12.5 Å². The summed E-state index contributed by atoms with van der Waals surface area (Å²) in [5.74, 6) is 1.33. The van der Waals surface area contributed by atoms with E-state index in [1.165, 1.54) is 14.2 Å². The number of ether oxygens (including phenoxy) is 2. The van der Waals surface area contributed by atoms with Crippen LogP contribution in [-0.2, 0) is 6.54 Å². The SMILES string of the molecule is COc1cccc(C(=O)NCc2noc(-c3ccccc3)n2)c1OC. The molecule has 3 aromatic rings. The second-order valence-corrected chi connectivity index (χ2v) is 5.11. The summed E-state index contributed by atoms with van der Waals surface area (Å²) in [5.41, 5.74) is 1.19. The van der Waals surface area contributed by atoms with Crippen LogP contribution < -0.4 is 14.8 Å². The monoisotopic (exact) mass is 339 g/mol. The fourth-order valence-corrected chi connectivity index (χ4v) is 2.34. The maximum Gasteiger partial charge on any atom is 0.257 e. The first-order valence-electron chi connectivity index (χ1n) is 7.60. The first-order valence-corrected chi connectivity index (χ1v) is 7.60. The van der Waals surface area contributed by atoms with Crippen LogP contribution in [0.15, 0.2) is 53.1 Å². The van der Waals surface area contributed by atoms with Gasteiger partial charge in [-0.25, -0.2) is 0 Å². The molecule has 0 spiro atoms. The normalized spacial score (nSPS) is 10.3. The molecular weight excluding hydrogens is 322 g/mol. The van der Waals surface area contributed by atoms with E-state index in [1.807, 2.05) is 30.3 Å². The van der Waals surface area contributed by atoms with E-state index < -0.39 is 0 Å². The highest BCUT2D eigenvalue weighted by Crippen LogP contribution is 2.30. The minimum atomic E-state index is -0.318. The van der Waals surface area contributed by atoms with Gasteiger partial charge in [-0.15, -0.1) is 0 Å². The number of amides is 1. The Bertz CT molecular complexity index is 862. The van der Waals surface area contributed by atoms with Crippen molar-refractivity contribution in [2.45, 2.75) is 6.54 Å². The number of nitrogens with one attached hydrogen (secondary N) is 1. The molecule has 7 nitrogen and oxygen atoms in total. The molecule has 0 aliphatic heterocycles. The number of nitrogens with zero attached hydrogens (tertiary/aromatic N) is 2. The molecule has 0 bridgehead atoms. The lowest BCUT2D eigenvalue weighted by Crippen LogP contribution is -2.24. The average molecular weight is 339 g/mol. The van der Waals surface area contributed by atoms with Gasteiger partial charge in [-0.2, -0.15) is 4.98 Å². The zero-order chi connectivity index (χ0) is 17.6. The van der Waals surface area contributed by atoms with Crippen LogP contribution in [-0.4, -0.2) is 30.3 Å². The summed E-state index contributed by atoms with van der Waals surface area (Å²) in [6.45, 7) is 0.134. The summed E-state index contributed by atoms with van der Waals surface area (Å²) in [4.78, 5) is 16.7. The Kier molecular flexibility index (Phi) is 4.94. The summed E-state index contributed by atoms with van der Waals surface area (Å²) in [5, 5.41) is 6.62. The van der Waals surface area contributed by atoms with Crippen LogP contribution >= 0.6 is 0 Å². The lowest BCUT2D eigenvalue weighted by atomic mass is 10.1. The van der Waals surface area contributed by atoms with Gasteiger partial charge in [0.15, 0.2) is 17.3 Å². The molecule has 0 unspecified atom stereocenters. The van der Waals surface area contributed by atoms with Gasteiger partial charge in [0, 0.05) is 5.56 Å². The Morgan fingerprint density at radius 1 is 1.08 bits per heavy atom. The van der Waals surface area contributed by atoms with E-state index in [4.69, 9.17) is 14.0 Å². The maximum atomic E-state index is 12.4. The lowest BCUT2D eigenvalue weighted by molar-refractivity contribution is 0.0946. The fraction of sp³-hybridized carbons (Fsp3) is 0.167. The molecule has 3 rings (SSSR count). The Morgan fingerprint density at radius 3 is 2.60 bits per heavy atom. The minimum absolute atomic E-state index is 0.134. The maximum absolute atomic E-state index is 12.4. The third-order valence-electron chi connectivity index (χ3n) is 3.54. The topological polar surface area (TPSA) is 86.5 Å². The van der Waals surface area contributed by atoms with E-state index in [1.54, 1.807) is 18.2 Å². The number of methoxy groups -OCH3 is 2. The van der Waals surface area contributed by atoms with Crippen LogP contribution in [0.1, 0.15) is 16.2 Å². The summed E-state index contributed by atoms with van der Waals surface area (Å²) in [6.07, 6.45) is 0. The van der Waals surface area contributed by atoms with Gasteiger partial charge in [0.1, 0.15) is 0 Å². The number of carbonyl (C=O) groups is 1. The molecule has 1 heterocycles. The van der Waals surface area contributed by atoms with Crippen molar-refractivity contribution in [1.29, 1.82) is 0 Å². The molecular formula is C18H17N3O4. The van der Waals surface area contributed by atoms with E-state index in [2.05, 4.69) is 15.5 Å². The van der Waals surface area contributed by atoms with Crippen molar-refractivity contribution in [2.24, 2.45) is 0 Å². The summed E-state index contributed by atoms with van der Waals surface area (Å²) in [6, 6.07) is 14.5. The number of benzene rings is 2. The molecule has 7 heteroatoms. The fourth-order valence-electron chi connectivity index (χ4n) is 2.34. The van der Waals surface area contributed by atoms with Crippen molar-refractivity contribution < 1.29 is 18.8 Å². The van der Waals surface area contributed by atoms with Gasteiger partial charge in [0.2, 0.25) is 0 Å². The van der Waals surface area contributed by atoms with Crippen LogP contribution in [0.4, 0.5) is 0 Å². The van der Waals surface area contributed by atoms with Crippen LogP contribution in [0.3, 0.4) is 0 Å². The van der Waals surface area contributed by atoms with Crippen molar-refractivity contribution in [3.05, 3.63) is 59.9 Å². The van der Waals surface area contributed by atoms with Crippen molar-refractivity contribution in [1.82, 2.24) is 15.5 Å². The highest BCUT2D eigenvalue weighted by atomic mass is 16.5. The number of para-hydroxylation sites is 1. The van der Waals surface area contributed by atoms with Gasteiger partial charge in [-0.05, 0) is 24.3 Å². The van der Waals surface area contributed by atoms with E-state index in [0.717, 1.165) is 5.56 Å². The molecule has 0 saturated carbocycles. The van der Waals surface area contributed by atoms with E-state index in [9.17, 15) is 4.79 Å². The van der Waals surface area contributed by atoms with Gasteiger partial charge in [-0.1, -0.05) is 29.4 Å². The van der Waals surface area contributed by atoms with Crippen molar-refractivity contribution in [3.8, 4) is 23.0 Å². The second kappa shape index (κ2) is 7.48. The number of hydrogen-bond donors (Lipinski definition) is 1. The van der Waals surface area contributed by atoms with Crippen molar-refractivity contribution >= 4 is 5.91 Å². The molecule has 0 aliphatic rings. The Hall–Kier alpha value is -3.35. The molecule has 1 amide bonds. The molecule has 2 aromatic carbocycles. The largest absolute Gasteiger partial charge is 0.493 e. The minimum Gasteiger partial charge on any atom is -0.493 e. The summed E-state index contributed by atoms with van der Waals surface area (Å²) >= 11 is 0. The van der Waals surface area contributed by atoms with Gasteiger partial charge in [-0.3, -0.25) is 4.79 Å². The summed E-state index contributed by atoms with van der Waals surface area (Å²) < 4.78 is 15.7. The van der Waals surface area contributed by atoms with E-state index >= 15 is 0 Å². The Labute approximate surface area is 144 Å². The third-order valence-corrected chi connectivity index (χ3v) is 3.54. The van der Waals surface area contributed by atoms with Crippen molar-refractivity contribution in [2.75, 3.05) is 14.2 Å². The van der Waals surface area contributed by atoms with Crippen molar-refractivity contribution in [3.63, 3.8) is 0 Å². The molecule has 0 radical (unpaired) electrons. The molecule has 128 valence electrons.